The van der Waals surface area contributed by atoms with Crippen LogP contribution in [0.25, 0.3) is 33.5 Å². The number of hydrogen-bond donors (Lipinski definition) is 0. The Hall–Kier alpha value is -3.26. The lowest BCUT2D eigenvalue weighted by Crippen LogP contribution is -2.17. The summed E-state index contributed by atoms with van der Waals surface area (Å²) in [4.78, 5) is 9.44. The molecule has 1 aliphatic rings. The van der Waals surface area contributed by atoms with E-state index in [-0.39, 0.29) is 5.41 Å². The summed E-state index contributed by atoms with van der Waals surface area (Å²) in [5, 5.41) is 0. The highest BCUT2D eigenvalue weighted by molar-refractivity contribution is 5.83. The number of hydrogen-bond acceptors (Lipinski definition) is 2. The first-order chi connectivity index (χ1) is 13.5. The van der Waals surface area contributed by atoms with Gasteiger partial charge in [-0.2, -0.15) is 0 Å². The number of pyridine rings is 2. The zero-order valence-corrected chi connectivity index (χ0v) is 16.4. The van der Waals surface area contributed by atoms with Gasteiger partial charge >= 0.3 is 0 Å². The van der Waals surface area contributed by atoms with Crippen LogP contribution in [0.3, 0.4) is 0 Å². The number of aromatic nitrogens is 2. The zero-order chi connectivity index (χ0) is 19.3. The van der Waals surface area contributed by atoms with E-state index in [1.54, 1.807) is 0 Å². The Morgan fingerprint density at radius 3 is 2.29 bits per heavy atom. The van der Waals surface area contributed by atoms with Crippen LogP contribution in [-0.4, -0.2) is 9.97 Å². The zero-order valence-electron chi connectivity index (χ0n) is 16.4. The predicted molar refractivity (Wildman–Crippen MR) is 115 cm³/mol. The molecule has 0 saturated heterocycles. The van der Waals surface area contributed by atoms with Gasteiger partial charge in [0.25, 0.3) is 0 Å². The van der Waals surface area contributed by atoms with Crippen molar-refractivity contribution < 1.29 is 0 Å². The van der Waals surface area contributed by atoms with E-state index in [9.17, 15) is 0 Å². The van der Waals surface area contributed by atoms with Gasteiger partial charge in [-0.1, -0.05) is 62.4 Å². The van der Waals surface area contributed by atoms with Gasteiger partial charge in [0, 0.05) is 28.4 Å². The van der Waals surface area contributed by atoms with Crippen molar-refractivity contribution in [1.29, 1.82) is 0 Å². The largest absolute Gasteiger partial charge is 0.257 e. The van der Waals surface area contributed by atoms with Crippen molar-refractivity contribution in [3.63, 3.8) is 0 Å². The molecule has 4 aromatic rings. The van der Waals surface area contributed by atoms with Crippen molar-refractivity contribution >= 4 is 0 Å². The average Bonchev–Trinajstić information content (AvgIpc) is 2.95. The maximum Gasteiger partial charge on any atom is 0.0708 e. The summed E-state index contributed by atoms with van der Waals surface area (Å²) in [6, 6.07) is 25.7. The first kappa shape index (κ1) is 16.9. The molecule has 0 unspecified atom stereocenters. The fraction of sp³-hybridized carbons (Fsp3) is 0.154. The smallest absolute Gasteiger partial charge is 0.0708 e. The van der Waals surface area contributed by atoms with Gasteiger partial charge in [-0.05, 0) is 53.4 Å². The SMILES string of the molecule is Cc1ccc2c(n1)C(C)(C)c1cc(-c3ccnc(-c4ccccc4)c3)ccc1-2. The summed E-state index contributed by atoms with van der Waals surface area (Å²) in [5.41, 5.74) is 10.6. The molecular weight excluding hydrogens is 340 g/mol. The molecule has 136 valence electrons. The monoisotopic (exact) mass is 362 g/mol. The van der Waals surface area contributed by atoms with Crippen LogP contribution in [0.15, 0.2) is 79.0 Å². The van der Waals surface area contributed by atoms with Crippen LogP contribution in [0.4, 0.5) is 0 Å². The molecule has 2 heteroatoms. The Bertz CT molecular complexity index is 1190. The molecule has 0 amide bonds. The topological polar surface area (TPSA) is 25.8 Å². The molecule has 2 aromatic heterocycles. The lowest BCUT2D eigenvalue weighted by molar-refractivity contribution is 0.635. The van der Waals surface area contributed by atoms with Crippen LogP contribution < -0.4 is 0 Å². The fourth-order valence-corrected chi connectivity index (χ4v) is 4.23. The quantitative estimate of drug-likeness (QED) is 0.411. The van der Waals surface area contributed by atoms with E-state index < -0.39 is 0 Å². The van der Waals surface area contributed by atoms with Gasteiger partial charge < -0.3 is 0 Å². The number of aryl methyl sites for hydroxylation is 1. The summed E-state index contributed by atoms with van der Waals surface area (Å²) in [5.74, 6) is 0. The standard InChI is InChI=1S/C26H22N2/c1-17-9-11-22-21-12-10-19(15-23(21)26(2,3)25(22)28-17)20-13-14-27-24(16-20)18-7-5-4-6-8-18/h4-16H,1-3H3. The third kappa shape index (κ3) is 2.56. The highest BCUT2D eigenvalue weighted by Gasteiger charge is 2.37. The minimum Gasteiger partial charge on any atom is -0.257 e. The maximum absolute atomic E-state index is 4.87. The van der Waals surface area contributed by atoms with Gasteiger partial charge in [0.05, 0.1) is 11.4 Å². The van der Waals surface area contributed by atoms with Crippen LogP contribution in [0.2, 0.25) is 0 Å². The molecule has 2 nitrogen and oxygen atoms in total. The van der Waals surface area contributed by atoms with Crippen molar-refractivity contribution in [3.8, 4) is 33.5 Å². The molecule has 0 fully saturated rings. The van der Waals surface area contributed by atoms with Crippen LogP contribution in [0.1, 0.15) is 30.8 Å². The van der Waals surface area contributed by atoms with E-state index in [0.29, 0.717) is 0 Å². The molecule has 0 spiro atoms. The summed E-state index contributed by atoms with van der Waals surface area (Å²) in [7, 11) is 0. The molecule has 28 heavy (non-hydrogen) atoms. The van der Waals surface area contributed by atoms with E-state index in [1.807, 2.05) is 24.4 Å². The first-order valence-corrected chi connectivity index (χ1v) is 9.69. The van der Waals surface area contributed by atoms with Gasteiger partial charge in [0.2, 0.25) is 0 Å². The highest BCUT2D eigenvalue weighted by Crippen LogP contribution is 2.48. The Labute approximate surface area is 165 Å². The van der Waals surface area contributed by atoms with Gasteiger partial charge in [0.15, 0.2) is 0 Å². The number of benzene rings is 2. The lowest BCUT2D eigenvalue weighted by Gasteiger charge is -2.21. The Morgan fingerprint density at radius 2 is 1.46 bits per heavy atom. The van der Waals surface area contributed by atoms with Gasteiger partial charge in [-0.25, -0.2) is 0 Å². The summed E-state index contributed by atoms with van der Waals surface area (Å²) < 4.78 is 0. The predicted octanol–water partition coefficient (Wildman–Crippen LogP) is 6.43. The average molecular weight is 362 g/mol. The number of fused-ring (bicyclic) bond motifs is 3. The molecule has 5 rings (SSSR count). The van der Waals surface area contributed by atoms with E-state index in [4.69, 9.17) is 4.98 Å². The van der Waals surface area contributed by atoms with Crippen molar-refractivity contribution in [2.75, 3.05) is 0 Å². The normalized spacial score (nSPS) is 13.8. The minimum atomic E-state index is -0.0953. The third-order valence-corrected chi connectivity index (χ3v) is 5.77. The molecule has 0 atom stereocenters. The van der Waals surface area contributed by atoms with Crippen LogP contribution in [0.5, 0.6) is 0 Å². The van der Waals surface area contributed by atoms with E-state index in [1.165, 1.54) is 33.5 Å². The summed E-state index contributed by atoms with van der Waals surface area (Å²) in [6.07, 6.45) is 1.90. The molecule has 0 aliphatic heterocycles. The molecular formula is C26H22N2. The molecule has 2 aromatic carbocycles. The van der Waals surface area contributed by atoms with Gasteiger partial charge in [0.1, 0.15) is 0 Å². The highest BCUT2D eigenvalue weighted by atomic mass is 14.7. The molecule has 0 bridgehead atoms. The van der Waals surface area contributed by atoms with Crippen molar-refractivity contribution in [1.82, 2.24) is 9.97 Å². The molecule has 2 heterocycles. The Balaban J connectivity index is 1.62. The second kappa shape index (κ2) is 6.13. The van der Waals surface area contributed by atoms with Crippen molar-refractivity contribution in [2.24, 2.45) is 0 Å². The minimum absolute atomic E-state index is 0.0953. The number of rotatable bonds is 2. The number of nitrogens with zero attached hydrogens (tertiary/aromatic N) is 2. The van der Waals surface area contributed by atoms with Gasteiger partial charge in [-0.15, -0.1) is 0 Å². The maximum atomic E-state index is 4.87. The van der Waals surface area contributed by atoms with E-state index in [2.05, 4.69) is 80.4 Å². The lowest BCUT2D eigenvalue weighted by atomic mass is 9.84. The van der Waals surface area contributed by atoms with E-state index >= 15 is 0 Å². The first-order valence-electron chi connectivity index (χ1n) is 9.69. The molecule has 1 aliphatic carbocycles. The summed E-state index contributed by atoms with van der Waals surface area (Å²) in [6.45, 7) is 6.61. The second-order valence-electron chi connectivity index (χ2n) is 8.03. The Morgan fingerprint density at radius 1 is 0.714 bits per heavy atom. The molecule has 0 saturated carbocycles. The van der Waals surface area contributed by atoms with Gasteiger partial charge in [-0.3, -0.25) is 9.97 Å². The van der Waals surface area contributed by atoms with E-state index in [0.717, 1.165) is 17.0 Å². The fourth-order valence-electron chi connectivity index (χ4n) is 4.23. The molecule has 0 N–H and O–H groups in total. The van der Waals surface area contributed by atoms with Crippen molar-refractivity contribution in [3.05, 3.63) is 95.9 Å². The summed E-state index contributed by atoms with van der Waals surface area (Å²) >= 11 is 0. The van der Waals surface area contributed by atoms with Crippen LogP contribution in [0, 0.1) is 6.92 Å². The van der Waals surface area contributed by atoms with Crippen LogP contribution >= 0.6 is 0 Å². The second-order valence-corrected chi connectivity index (χ2v) is 8.03. The molecule has 0 radical (unpaired) electrons. The Kier molecular flexibility index (Phi) is 3.70. The van der Waals surface area contributed by atoms with Crippen molar-refractivity contribution in [2.45, 2.75) is 26.2 Å². The third-order valence-electron chi connectivity index (χ3n) is 5.77. The van der Waals surface area contributed by atoms with Crippen LogP contribution in [-0.2, 0) is 5.41 Å².